The second-order valence-corrected chi connectivity index (χ2v) is 4.40. The Hall–Kier alpha value is -1.09. The van der Waals surface area contributed by atoms with Crippen molar-refractivity contribution in [3.8, 4) is 5.75 Å². The highest BCUT2D eigenvalue weighted by molar-refractivity contribution is 5.36. The molecule has 1 aromatic rings. The Morgan fingerprint density at radius 3 is 2.75 bits per heavy atom. The van der Waals surface area contributed by atoms with Gasteiger partial charge in [-0.1, -0.05) is 6.42 Å². The Morgan fingerprint density at radius 2 is 2.19 bits per heavy atom. The van der Waals surface area contributed by atoms with Crippen molar-refractivity contribution >= 4 is 0 Å². The van der Waals surface area contributed by atoms with Gasteiger partial charge in [-0.05, 0) is 38.0 Å². The van der Waals surface area contributed by atoms with Crippen LogP contribution in [0.15, 0.2) is 18.2 Å². The molecule has 88 valence electrons. The number of rotatable bonds is 4. The van der Waals surface area contributed by atoms with Gasteiger partial charge in [0, 0.05) is 17.6 Å². The van der Waals surface area contributed by atoms with Crippen LogP contribution < -0.4 is 10.1 Å². The van der Waals surface area contributed by atoms with E-state index in [1.54, 1.807) is 19.2 Å². The quantitative estimate of drug-likeness (QED) is 0.847. The molecule has 2 rings (SSSR count). The summed E-state index contributed by atoms with van der Waals surface area (Å²) in [5, 5.41) is 3.49. The summed E-state index contributed by atoms with van der Waals surface area (Å²) in [7, 11) is 1.62. The summed E-state index contributed by atoms with van der Waals surface area (Å²) in [6.45, 7) is 2.05. The van der Waals surface area contributed by atoms with Crippen LogP contribution in [0.1, 0.15) is 37.8 Å². The monoisotopic (exact) mass is 223 g/mol. The summed E-state index contributed by atoms with van der Waals surface area (Å²) in [5.41, 5.74) is 0.898. The predicted molar refractivity (Wildman–Crippen MR) is 62.1 cm³/mol. The number of benzene rings is 1. The smallest absolute Gasteiger partial charge is 0.123 e. The first-order chi connectivity index (χ1) is 7.70. The normalized spacial score (nSPS) is 17.9. The number of halogens is 1. The lowest BCUT2D eigenvalue weighted by molar-refractivity contribution is 0.308. The highest BCUT2D eigenvalue weighted by atomic mass is 19.1. The van der Waals surface area contributed by atoms with Crippen LogP contribution in [0.2, 0.25) is 0 Å². The van der Waals surface area contributed by atoms with Crippen LogP contribution in [0.5, 0.6) is 5.75 Å². The first-order valence-corrected chi connectivity index (χ1v) is 5.80. The van der Waals surface area contributed by atoms with Crippen molar-refractivity contribution in [2.45, 2.75) is 38.3 Å². The fraction of sp³-hybridized carbons (Fsp3) is 0.538. The maximum atomic E-state index is 13.2. The number of ether oxygens (including phenoxy) is 1. The molecule has 1 atom stereocenters. The molecular weight excluding hydrogens is 205 g/mol. The van der Waals surface area contributed by atoms with E-state index in [-0.39, 0.29) is 11.9 Å². The third kappa shape index (κ3) is 2.35. The highest BCUT2D eigenvalue weighted by Gasteiger charge is 2.21. The summed E-state index contributed by atoms with van der Waals surface area (Å²) in [5.74, 6) is 0.541. The lowest BCUT2D eigenvalue weighted by Crippen LogP contribution is -2.36. The van der Waals surface area contributed by atoms with Crippen LogP contribution in [0.25, 0.3) is 0 Å². The summed E-state index contributed by atoms with van der Waals surface area (Å²) < 4.78 is 18.4. The van der Waals surface area contributed by atoms with Crippen molar-refractivity contribution < 1.29 is 9.13 Å². The average molecular weight is 223 g/mol. The first-order valence-electron chi connectivity index (χ1n) is 5.80. The molecule has 1 aliphatic rings. The van der Waals surface area contributed by atoms with Crippen molar-refractivity contribution in [2.75, 3.05) is 7.11 Å². The van der Waals surface area contributed by atoms with Gasteiger partial charge in [0.05, 0.1) is 7.11 Å². The minimum absolute atomic E-state index is 0.135. The lowest BCUT2D eigenvalue weighted by Gasteiger charge is -2.30. The van der Waals surface area contributed by atoms with Gasteiger partial charge in [0.25, 0.3) is 0 Å². The SMILES string of the molecule is COc1ccc(F)cc1C(C)NC1CCC1. The van der Waals surface area contributed by atoms with Crippen LogP contribution in [-0.2, 0) is 0 Å². The van der Waals surface area contributed by atoms with Gasteiger partial charge in [-0.25, -0.2) is 4.39 Å². The number of methoxy groups -OCH3 is 1. The molecule has 1 N–H and O–H groups in total. The van der Waals surface area contributed by atoms with E-state index in [0.717, 1.165) is 11.3 Å². The maximum absolute atomic E-state index is 13.2. The Balaban J connectivity index is 2.13. The molecule has 1 fully saturated rings. The molecule has 3 heteroatoms. The van der Waals surface area contributed by atoms with Gasteiger partial charge < -0.3 is 10.1 Å². The summed E-state index contributed by atoms with van der Waals surface area (Å²) in [4.78, 5) is 0. The topological polar surface area (TPSA) is 21.3 Å². The Labute approximate surface area is 95.8 Å². The molecule has 16 heavy (non-hydrogen) atoms. The molecule has 0 bridgehead atoms. The van der Waals surface area contributed by atoms with Crippen LogP contribution in [0.3, 0.4) is 0 Å². The first kappa shape index (κ1) is 11.4. The zero-order valence-electron chi connectivity index (χ0n) is 9.79. The molecule has 1 unspecified atom stereocenters. The second kappa shape index (κ2) is 4.83. The molecule has 0 radical (unpaired) electrons. The third-order valence-electron chi connectivity index (χ3n) is 3.25. The molecule has 2 nitrogen and oxygen atoms in total. The van der Waals surface area contributed by atoms with E-state index in [2.05, 4.69) is 12.2 Å². The largest absolute Gasteiger partial charge is 0.496 e. The van der Waals surface area contributed by atoms with Crippen LogP contribution in [0, 0.1) is 5.82 Å². The van der Waals surface area contributed by atoms with Crippen molar-refractivity contribution in [1.82, 2.24) is 5.32 Å². The van der Waals surface area contributed by atoms with Crippen molar-refractivity contribution in [1.29, 1.82) is 0 Å². The van der Waals surface area contributed by atoms with E-state index < -0.39 is 0 Å². The van der Waals surface area contributed by atoms with E-state index in [9.17, 15) is 4.39 Å². The van der Waals surface area contributed by atoms with E-state index >= 15 is 0 Å². The minimum Gasteiger partial charge on any atom is -0.496 e. The van der Waals surface area contributed by atoms with Crippen molar-refractivity contribution in [3.63, 3.8) is 0 Å². The van der Waals surface area contributed by atoms with Gasteiger partial charge in [-0.15, -0.1) is 0 Å². The molecule has 0 spiro atoms. The van der Waals surface area contributed by atoms with E-state index in [1.807, 2.05) is 0 Å². The Kier molecular flexibility index (Phi) is 3.44. The van der Waals surface area contributed by atoms with Crippen LogP contribution in [-0.4, -0.2) is 13.2 Å². The van der Waals surface area contributed by atoms with E-state index in [4.69, 9.17) is 4.74 Å². The lowest BCUT2D eigenvalue weighted by atomic mass is 9.91. The maximum Gasteiger partial charge on any atom is 0.123 e. The summed E-state index contributed by atoms with van der Waals surface area (Å²) in [6.07, 6.45) is 3.74. The molecule has 1 aliphatic carbocycles. The van der Waals surface area contributed by atoms with E-state index in [0.29, 0.717) is 6.04 Å². The molecule has 0 saturated heterocycles. The Morgan fingerprint density at radius 1 is 1.44 bits per heavy atom. The Bertz CT molecular complexity index is 363. The molecule has 0 aromatic heterocycles. The highest BCUT2D eigenvalue weighted by Crippen LogP contribution is 2.28. The van der Waals surface area contributed by atoms with Crippen LogP contribution in [0.4, 0.5) is 4.39 Å². The standard InChI is InChI=1S/C13H18FNO/c1-9(15-11-4-3-5-11)12-8-10(14)6-7-13(12)16-2/h6-9,11,15H,3-5H2,1-2H3. The third-order valence-corrected chi connectivity index (χ3v) is 3.25. The van der Waals surface area contributed by atoms with Crippen LogP contribution >= 0.6 is 0 Å². The molecular formula is C13H18FNO. The molecule has 1 saturated carbocycles. The van der Waals surface area contributed by atoms with E-state index in [1.165, 1.54) is 25.3 Å². The van der Waals surface area contributed by atoms with Gasteiger partial charge >= 0.3 is 0 Å². The van der Waals surface area contributed by atoms with Gasteiger partial charge in [0.1, 0.15) is 11.6 Å². The van der Waals surface area contributed by atoms with Gasteiger partial charge in [0.2, 0.25) is 0 Å². The summed E-state index contributed by atoms with van der Waals surface area (Å²) in [6, 6.07) is 5.39. The predicted octanol–water partition coefficient (Wildman–Crippen LogP) is 3.04. The number of hydrogen-bond acceptors (Lipinski definition) is 2. The van der Waals surface area contributed by atoms with Gasteiger partial charge in [-0.2, -0.15) is 0 Å². The van der Waals surface area contributed by atoms with Crippen molar-refractivity contribution in [3.05, 3.63) is 29.6 Å². The molecule has 0 heterocycles. The molecule has 0 aliphatic heterocycles. The molecule has 0 amide bonds. The van der Waals surface area contributed by atoms with Crippen molar-refractivity contribution in [2.24, 2.45) is 0 Å². The molecule has 1 aromatic carbocycles. The zero-order valence-corrected chi connectivity index (χ0v) is 9.79. The fourth-order valence-corrected chi connectivity index (χ4v) is 2.06. The second-order valence-electron chi connectivity index (χ2n) is 4.40. The number of hydrogen-bond donors (Lipinski definition) is 1. The zero-order chi connectivity index (χ0) is 11.5. The minimum atomic E-state index is -0.210. The van der Waals surface area contributed by atoms with Gasteiger partial charge in [-0.3, -0.25) is 0 Å². The van der Waals surface area contributed by atoms with Gasteiger partial charge in [0.15, 0.2) is 0 Å². The number of nitrogens with one attached hydrogen (secondary N) is 1. The summed E-state index contributed by atoms with van der Waals surface area (Å²) >= 11 is 0. The average Bonchev–Trinajstić information content (AvgIpc) is 2.23. The fourth-order valence-electron chi connectivity index (χ4n) is 2.06.